The zero-order valence-corrected chi connectivity index (χ0v) is 7.77. The first-order valence-electron chi connectivity index (χ1n) is 4.09. The molecule has 0 aliphatic carbocycles. The number of hydrogen-bond donors (Lipinski definition) is 1. The van der Waals surface area contributed by atoms with Crippen LogP contribution >= 0.6 is 0 Å². The van der Waals surface area contributed by atoms with Gasteiger partial charge >= 0.3 is 0 Å². The summed E-state index contributed by atoms with van der Waals surface area (Å²) in [6.07, 6.45) is 0. The molecule has 0 unspecified atom stereocenters. The Hall–Kier alpha value is -2.02. The Balaban J connectivity index is 2.95. The average molecular weight is 190 g/mol. The van der Waals surface area contributed by atoms with Gasteiger partial charge in [0.05, 0.1) is 6.07 Å². The second-order valence-corrected chi connectivity index (χ2v) is 2.78. The quantitative estimate of drug-likeness (QED) is 0.714. The van der Waals surface area contributed by atoms with Gasteiger partial charge < -0.3 is 5.11 Å². The Bertz CT molecular complexity index is 365. The molecule has 4 nitrogen and oxygen atoms in total. The fourth-order valence-electron chi connectivity index (χ4n) is 1.09. The lowest BCUT2D eigenvalue weighted by atomic mass is 10.2. The number of carbonyl (C=O) groups is 1. The summed E-state index contributed by atoms with van der Waals surface area (Å²) in [4.78, 5) is 12.5. The fourth-order valence-corrected chi connectivity index (χ4v) is 1.09. The molecule has 0 spiro atoms. The number of phenols is 1. The number of benzene rings is 1. The number of carbonyl (C=O) groups excluding carboxylic acids is 1. The lowest BCUT2D eigenvalue weighted by molar-refractivity contribution is -0.116. The minimum Gasteiger partial charge on any atom is -0.508 e. The van der Waals surface area contributed by atoms with E-state index in [-0.39, 0.29) is 18.2 Å². The van der Waals surface area contributed by atoms with Crippen LogP contribution < -0.4 is 4.90 Å². The van der Waals surface area contributed by atoms with E-state index < -0.39 is 0 Å². The van der Waals surface area contributed by atoms with Gasteiger partial charge in [0, 0.05) is 12.6 Å². The molecule has 72 valence electrons. The normalized spacial score (nSPS) is 9.14. The van der Waals surface area contributed by atoms with Crippen molar-refractivity contribution in [1.29, 1.82) is 5.26 Å². The summed E-state index contributed by atoms with van der Waals surface area (Å²) in [5.41, 5.74) is 0.608. The maximum Gasteiger partial charge on any atom is 0.224 e. The van der Waals surface area contributed by atoms with Gasteiger partial charge in [-0.15, -0.1) is 0 Å². The summed E-state index contributed by atoms with van der Waals surface area (Å²) in [7, 11) is 0. The third-order valence-electron chi connectivity index (χ3n) is 1.77. The third-order valence-corrected chi connectivity index (χ3v) is 1.77. The molecule has 0 radical (unpaired) electrons. The van der Waals surface area contributed by atoms with Crippen LogP contribution in [0, 0.1) is 11.3 Å². The molecule has 0 saturated carbocycles. The molecular weight excluding hydrogens is 180 g/mol. The van der Waals surface area contributed by atoms with E-state index in [1.54, 1.807) is 12.1 Å². The lowest BCUT2D eigenvalue weighted by Crippen LogP contribution is -2.28. The zero-order valence-electron chi connectivity index (χ0n) is 7.77. The first kappa shape index (κ1) is 10.1. The van der Waals surface area contributed by atoms with E-state index in [0.717, 1.165) is 0 Å². The average Bonchev–Trinajstić information content (AvgIpc) is 2.15. The number of rotatable bonds is 2. The van der Waals surface area contributed by atoms with E-state index in [1.807, 2.05) is 6.07 Å². The van der Waals surface area contributed by atoms with Crippen molar-refractivity contribution in [3.05, 3.63) is 24.3 Å². The van der Waals surface area contributed by atoms with Crippen LogP contribution in [0.15, 0.2) is 24.3 Å². The van der Waals surface area contributed by atoms with Crippen LogP contribution in [0.4, 0.5) is 5.69 Å². The Morgan fingerprint density at radius 1 is 1.50 bits per heavy atom. The molecule has 0 fully saturated rings. The molecule has 1 rings (SSSR count). The highest BCUT2D eigenvalue weighted by Crippen LogP contribution is 2.18. The van der Waals surface area contributed by atoms with Crippen molar-refractivity contribution >= 4 is 11.6 Å². The minimum atomic E-state index is -0.197. The minimum absolute atomic E-state index is 0.0140. The molecule has 4 heteroatoms. The summed E-state index contributed by atoms with van der Waals surface area (Å²) in [5, 5.41) is 17.5. The standard InChI is InChI=1S/C10H10N2O2/c1-8(13)12(7-6-11)9-2-4-10(14)5-3-9/h2-5,14H,7H2,1H3. The van der Waals surface area contributed by atoms with Crippen LogP contribution in [0.3, 0.4) is 0 Å². The van der Waals surface area contributed by atoms with Crippen LogP contribution in [0.25, 0.3) is 0 Å². The Kier molecular flexibility index (Phi) is 3.08. The Labute approximate surface area is 82.0 Å². The predicted octanol–water partition coefficient (Wildman–Crippen LogP) is 1.27. The monoisotopic (exact) mass is 190 g/mol. The lowest BCUT2D eigenvalue weighted by Gasteiger charge is -2.17. The first-order chi connectivity index (χ1) is 6.65. The summed E-state index contributed by atoms with van der Waals surface area (Å²) >= 11 is 0. The van der Waals surface area contributed by atoms with Gasteiger partial charge in [0.2, 0.25) is 5.91 Å². The van der Waals surface area contributed by atoms with Crippen molar-refractivity contribution in [2.45, 2.75) is 6.92 Å². The second-order valence-electron chi connectivity index (χ2n) is 2.78. The van der Waals surface area contributed by atoms with Gasteiger partial charge in [-0.3, -0.25) is 9.69 Å². The van der Waals surface area contributed by atoms with Gasteiger partial charge in [0.25, 0.3) is 0 Å². The maximum atomic E-state index is 11.1. The number of hydrogen-bond acceptors (Lipinski definition) is 3. The molecule has 0 aliphatic heterocycles. The maximum absolute atomic E-state index is 11.1. The fraction of sp³-hybridized carbons (Fsp3) is 0.200. The topological polar surface area (TPSA) is 64.3 Å². The van der Waals surface area contributed by atoms with Gasteiger partial charge in [0.15, 0.2) is 0 Å². The number of phenolic OH excluding ortho intramolecular Hbond substituents is 1. The molecule has 0 aliphatic rings. The van der Waals surface area contributed by atoms with Gasteiger partial charge in [-0.05, 0) is 24.3 Å². The zero-order chi connectivity index (χ0) is 10.6. The van der Waals surface area contributed by atoms with Crippen LogP contribution in [0.2, 0.25) is 0 Å². The van der Waals surface area contributed by atoms with Crippen molar-refractivity contribution in [3.8, 4) is 11.8 Å². The smallest absolute Gasteiger partial charge is 0.224 e. The molecule has 1 aromatic carbocycles. The van der Waals surface area contributed by atoms with Crippen molar-refractivity contribution in [3.63, 3.8) is 0 Å². The summed E-state index contributed by atoms with van der Waals surface area (Å²) in [6, 6.07) is 8.04. The van der Waals surface area contributed by atoms with Gasteiger partial charge in [-0.1, -0.05) is 0 Å². The molecule has 0 heterocycles. The molecule has 0 atom stereocenters. The van der Waals surface area contributed by atoms with Crippen molar-refractivity contribution < 1.29 is 9.90 Å². The summed E-state index contributed by atoms with van der Waals surface area (Å²) in [5.74, 6) is -0.0635. The number of amides is 1. The number of nitriles is 1. The third kappa shape index (κ3) is 2.23. The Morgan fingerprint density at radius 3 is 2.50 bits per heavy atom. The molecule has 1 aromatic rings. The second kappa shape index (κ2) is 4.28. The molecule has 0 saturated heterocycles. The number of aromatic hydroxyl groups is 1. The predicted molar refractivity (Wildman–Crippen MR) is 51.7 cm³/mol. The summed E-state index contributed by atoms with van der Waals surface area (Å²) < 4.78 is 0. The van der Waals surface area contributed by atoms with Crippen LogP contribution in [0.1, 0.15) is 6.92 Å². The van der Waals surface area contributed by atoms with Crippen LogP contribution in [0.5, 0.6) is 5.75 Å². The van der Waals surface area contributed by atoms with E-state index in [2.05, 4.69) is 0 Å². The van der Waals surface area contributed by atoms with E-state index in [4.69, 9.17) is 10.4 Å². The molecule has 1 amide bonds. The number of anilines is 1. The highest BCUT2D eigenvalue weighted by Gasteiger charge is 2.09. The molecule has 1 N–H and O–H groups in total. The van der Waals surface area contributed by atoms with Crippen molar-refractivity contribution in [2.75, 3.05) is 11.4 Å². The van der Waals surface area contributed by atoms with E-state index in [9.17, 15) is 4.79 Å². The SMILES string of the molecule is CC(=O)N(CC#N)c1ccc(O)cc1. The van der Waals surface area contributed by atoms with E-state index in [1.165, 1.54) is 24.0 Å². The van der Waals surface area contributed by atoms with Crippen LogP contribution in [-0.4, -0.2) is 17.6 Å². The highest BCUT2D eigenvalue weighted by molar-refractivity contribution is 5.91. The van der Waals surface area contributed by atoms with Gasteiger partial charge in [-0.2, -0.15) is 5.26 Å². The van der Waals surface area contributed by atoms with Crippen molar-refractivity contribution in [1.82, 2.24) is 0 Å². The van der Waals surface area contributed by atoms with Crippen LogP contribution in [-0.2, 0) is 4.79 Å². The first-order valence-corrected chi connectivity index (χ1v) is 4.09. The summed E-state index contributed by atoms with van der Waals surface area (Å²) in [6.45, 7) is 1.41. The largest absolute Gasteiger partial charge is 0.508 e. The molecule has 0 bridgehead atoms. The van der Waals surface area contributed by atoms with Gasteiger partial charge in [-0.25, -0.2) is 0 Å². The number of nitrogens with zero attached hydrogens (tertiary/aromatic N) is 2. The Morgan fingerprint density at radius 2 is 2.07 bits per heavy atom. The van der Waals surface area contributed by atoms with E-state index in [0.29, 0.717) is 5.69 Å². The molecular formula is C10H10N2O2. The van der Waals surface area contributed by atoms with Crippen molar-refractivity contribution in [2.24, 2.45) is 0 Å². The van der Waals surface area contributed by atoms with E-state index >= 15 is 0 Å². The highest BCUT2D eigenvalue weighted by atomic mass is 16.3. The molecule has 0 aromatic heterocycles. The van der Waals surface area contributed by atoms with Gasteiger partial charge in [0.1, 0.15) is 12.3 Å². The molecule has 14 heavy (non-hydrogen) atoms.